The highest BCUT2D eigenvalue weighted by atomic mass is 16.5. The van der Waals surface area contributed by atoms with Crippen LogP contribution in [0.25, 0.3) is 11.0 Å². The number of nitrogens with zero attached hydrogens (tertiary/aromatic N) is 1. The van der Waals surface area contributed by atoms with E-state index < -0.39 is 5.97 Å². The molecule has 0 saturated heterocycles. The molecule has 0 radical (unpaired) electrons. The maximum atomic E-state index is 12.2. The topological polar surface area (TPSA) is 63.2 Å². The Morgan fingerprint density at radius 3 is 2.59 bits per heavy atom. The summed E-state index contributed by atoms with van der Waals surface area (Å²) in [6, 6.07) is 16.4. The smallest absolute Gasteiger partial charge is 0.379 e. The maximum Gasteiger partial charge on any atom is 0.379 e. The number of nitriles is 1. The number of para-hydroxylation sites is 1. The monoisotopic (exact) mass is 291 g/mol. The highest BCUT2D eigenvalue weighted by molar-refractivity contribution is 5.96. The minimum atomic E-state index is -0.526. The molecular formula is C18H13NO3. The number of furan rings is 1. The van der Waals surface area contributed by atoms with Crippen molar-refractivity contribution in [2.45, 2.75) is 13.3 Å². The number of esters is 1. The number of carbonyl (C=O) groups is 1. The van der Waals surface area contributed by atoms with Crippen LogP contribution in [0.2, 0.25) is 0 Å². The van der Waals surface area contributed by atoms with Crippen LogP contribution in [0.5, 0.6) is 5.75 Å². The molecule has 0 atom stereocenters. The zero-order chi connectivity index (χ0) is 15.5. The van der Waals surface area contributed by atoms with Crippen LogP contribution in [-0.2, 0) is 6.42 Å². The fraction of sp³-hybridized carbons (Fsp3) is 0.111. The summed E-state index contributed by atoms with van der Waals surface area (Å²) in [5, 5.41) is 9.54. The molecule has 2 aromatic carbocycles. The van der Waals surface area contributed by atoms with E-state index in [1.54, 1.807) is 24.3 Å². The van der Waals surface area contributed by atoms with Crippen molar-refractivity contribution in [3.05, 3.63) is 65.4 Å². The zero-order valence-corrected chi connectivity index (χ0v) is 12.0. The van der Waals surface area contributed by atoms with Gasteiger partial charge in [0.15, 0.2) is 0 Å². The number of hydrogen-bond acceptors (Lipinski definition) is 4. The van der Waals surface area contributed by atoms with Gasteiger partial charge in [0, 0.05) is 10.9 Å². The molecule has 0 fully saturated rings. The van der Waals surface area contributed by atoms with E-state index in [9.17, 15) is 4.79 Å². The van der Waals surface area contributed by atoms with Crippen molar-refractivity contribution >= 4 is 16.9 Å². The molecule has 0 aliphatic heterocycles. The summed E-state index contributed by atoms with van der Waals surface area (Å²) in [4.78, 5) is 12.2. The van der Waals surface area contributed by atoms with Crippen molar-refractivity contribution in [1.29, 1.82) is 5.26 Å². The van der Waals surface area contributed by atoms with Gasteiger partial charge in [0.05, 0.1) is 12.5 Å². The van der Waals surface area contributed by atoms with E-state index in [-0.39, 0.29) is 5.76 Å². The Morgan fingerprint density at radius 2 is 1.91 bits per heavy atom. The van der Waals surface area contributed by atoms with Gasteiger partial charge in [0.25, 0.3) is 0 Å². The average Bonchev–Trinajstić information content (AvgIpc) is 2.87. The Labute approximate surface area is 127 Å². The lowest BCUT2D eigenvalue weighted by Crippen LogP contribution is -2.08. The molecule has 0 N–H and O–H groups in total. The van der Waals surface area contributed by atoms with Crippen molar-refractivity contribution in [2.24, 2.45) is 0 Å². The number of hydrogen-bond donors (Lipinski definition) is 0. The van der Waals surface area contributed by atoms with Gasteiger partial charge in [-0.3, -0.25) is 0 Å². The second-order valence-electron chi connectivity index (χ2n) is 4.92. The summed E-state index contributed by atoms with van der Waals surface area (Å²) in [7, 11) is 0. The minimum absolute atomic E-state index is 0.210. The molecule has 1 aromatic heterocycles. The number of fused-ring (bicyclic) bond motifs is 1. The molecule has 1 heterocycles. The van der Waals surface area contributed by atoms with Crippen molar-refractivity contribution < 1.29 is 13.9 Å². The molecule has 0 amide bonds. The fourth-order valence-corrected chi connectivity index (χ4v) is 2.29. The number of benzene rings is 2. The van der Waals surface area contributed by atoms with Crippen LogP contribution < -0.4 is 4.74 Å². The number of aryl methyl sites for hydroxylation is 1. The van der Waals surface area contributed by atoms with Gasteiger partial charge < -0.3 is 9.15 Å². The highest BCUT2D eigenvalue weighted by Crippen LogP contribution is 2.26. The minimum Gasteiger partial charge on any atom is -0.449 e. The second kappa shape index (κ2) is 5.74. The largest absolute Gasteiger partial charge is 0.449 e. The molecule has 3 aromatic rings. The first kappa shape index (κ1) is 13.9. The molecule has 0 bridgehead atoms. The van der Waals surface area contributed by atoms with Crippen LogP contribution >= 0.6 is 0 Å². The van der Waals surface area contributed by atoms with Crippen LogP contribution in [0, 0.1) is 18.3 Å². The summed E-state index contributed by atoms with van der Waals surface area (Å²) in [6.07, 6.45) is 0.330. The summed E-state index contributed by atoms with van der Waals surface area (Å²) in [6.45, 7) is 1.83. The summed E-state index contributed by atoms with van der Waals surface area (Å²) < 4.78 is 10.9. The normalized spacial score (nSPS) is 10.4. The van der Waals surface area contributed by atoms with Gasteiger partial charge >= 0.3 is 5.97 Å². The summed E-state index contributed by atoms with van der Waals surface area (Å²) in [5.74, 6) is 0.107. The van der Waals surface area contributed by atoms with Crippen molar-refractivity contribution in [3.8, 4) is 11.8 Å². The van der Waals surface area contributed by atoms with Crippen molar-refractivity contribution in [2.75, 3.05) is 0 Å². The van der Waals surface area contributed by atoms with Crippen LogP contribution in [0.3, 0.4) is 0 Å². The number of carbonyl (C=O) groups excluding carboxylic acids is 1. The molecule has 4 nitrogen and oxygen atoms in total. The van der Waals surface area contributed by atoms with Crippen LogP contribution in [0.4, 0.5) is 0 Å². The number of ether oxygens (including phenoxy) is 1. The van der Waals surface area contributed by atoms with Crippen LogP contribution in [0.15, 0.2) is 52.9 Å². The zero-order valence-electron chi connectivity index (χ0n) is 12.0. The molecule has 0 aliphatic rings. The maximum absolute atomic E-state index is 12.2. The molecule has 22 heavy (non-hydrogen) atoms. The first-order valence-corrected chi connectivity index (χ1v) is 6.85. The Morgan fingerprint density at radius 1 is 1.18 bits per heavy atom. The third kappa shape index (κ3) is 2.57. The van der Waals surface area contributed by atoms with Gasteiger partial charge in [-0.15, -0.1) is 0 Å². The molecular weight excluding hydrogens is 278 g/mol. The highest BCUT2D eigenvalue weighted by Gasteiger charge is 2.19. The van der Waals surface area contributed by atoms with Crippen molar-refractivity contribution in [3.63, 3.8) is 0 Å². The van der Waals surface area contributed by atoms with Gasteiger partial charge in [0.2, 0.25) is 5.76 Å². The standard InChI is InChI=1S/C18H13NO3/c1-12-15-4-2-3-5-16(15)22-17(12)18(20)21-14-8-6-13(7-9-14)10-11-19/h2-9H,10H2,1H3. The van der Waals surface area contributed by atoms with E-state index in [0.29, 0.717) is 17.8 Å². The molecule has 4 heteroatoms. The van der Waals surface area contributed by atoms with Gasteiger partial charge in [-0.1, -0.05) is 30.3 Å². The Hall–Kier alpha value is -3.06. The van der Waals surface area contributed by atoms with Crippen LogP contribution in [-0.4, -0.2) is 5.97 Å². The van der Waals surface area contributed by atoms with Gasteiger partial charge in [0.1, 0.15) is 11.3 Å². The van der Waals surface area contributed by atoms with Crippen molar-refractivity contribution in [1.82, 2.24) is 0 Å². The first-order chi connectivity index (χ1) is 10.7. The summed E-state index contributed by atoms with van der Waals surface area (Å²) >= 11 is 0. The lowest BCUT2D eigenvalue weighted by molar-refractivity contribution is 0.0703. The third-order valence-corrected chi connectivity index (χ3v) is 3.45. The molecule has 108 valence electrons. The van der Waals surface area contributed by atoms with Crippen LogP contribution in [0.1, 0.15) is 21.7 Å². The Bertz CT molecular complexity index is 869. The Balaban J connectivity index is 1.84. The van der Waals surface area contributed by atoms with E-state index in [4.69, 9.17) is 14.4 Å². The third-order valence-electron chi connectivity index (χ3n) is 3.45. The first-order valence-electron chi connectivity index (χ1n) is 6.85. The van der Waals surface area contributed by atoms with E-state index >= 15 is 0 Å². The quantitative estimate of drug-likeness (QED) is 0.540. The van der Waals surface area contributed by atoms with E-state index in [1.165, 1.54) is 0 Å². The van der Waals surface area contributed by atoms with Gasteiger partial charge in [-0.05, 0) is 30.7 Å². The second-order valence-corrected chi connectivity index (χ2v) is 4.92. The Kier molecular flexibility index (Phi) is 3.63. The van der Waals surface area contributed by atoms with E-state index in [2.05, 4.69) is 6.07 Å². The average molecular weight is 291 g/mol. The summed E-state index contributed by atoms with van der Waals surface area (Å²) in [5.41, 5.74) is 2.31. The molecule has 0 saturated carbocycles. The SMILES string of the molecule is Cc1c(C(=O)Oc2ccc(CC#N)cc2)oc2ccccc12. The predicted molar refractivity (Wildman–Crippen MR) is 81.7 cm³/mol. The lowest BCUT2D eigenvalue weighted by atomic mass is 10.1. The molecule has 3 rings (SSSR count). The lowest BCUT2D eigenvalue weighted by Gasteiger charge is -2.03. The molecule has 0 unspecified atom stereocenters. The van der Waals surface area contributed by atoms with E-state index in [1.807, 2.05) is 31.2 Å². The predicted octanol–water partition coefficient (Wildman–Crippen LogP) is 4.03. The molecule has 0 spiro atoms. The number of rotatable bonds is 3. The fourth-order valence-electron chi connectivity index (χ4n) is 2.29. The van der Waals surface area contributed by atoms with Gasteiger partial charge in [-0.25, -0.2) is 4.79 Å². The molecule has 0 aliphatic carbocycles. The van der Waals surface area contributed by atoms with E-state index in [0.717, 1.165) is 16.5 Å². The van der Waals surface area contributed by atoms with Gasteiger partial charge in [-0.2, -0.15) is 5.26 Å².